The molecule has 1 heterocycles. The van der Waals surface area contributed by atoms with Crippen LogP contribution in [0, 0.1) is 25.5 Å². The summed E-state index contributed by atoms with van der Waals surface area (Å²) in [5, 5.41) is 1.87. The van der Waals surface area contributed by atoms with Crippen LogP contribution < -0.4 is 4.90 Å². The molecule has 0 aliphatic rings. The van der Waals surface area contributed by atoms with Gasteiger partial charge in [0.2, 0.25) is 5.91 Å². The van der Waals surface area contributed by atoms with Gasteiger partial charge in [-0.15, -0.1) is 11.3 Å². The fraction of sp³-hybridized carbons (Fsp3) is 0.136. The molecule has 7 heteroatoms. The molecule has 0 aliphatic carbocycles. The summed E-state index contributed by atoms with van der Waals surface area (Å²) >= 11 is 1.12. The van der Waals surface area contributed by atoms with Crippen LogP contribution in [-0.4, -0.2) is 16.7 Å². The second-order valence-corrected chi connectivity index (χ2v) is 7.34. The lowest BCUT2D eigenvalue weighted by molar-refractivity contribution is -0.115. The van der Waals surface area contributed by atoms with E-state index in [2.05, 4.69) is 4.98 Å². The molecular formula is C22H18F2N2O2S. The van der Waals surface area contributed by atoms with Crippen molar-refractivity contribution in [3.8, 4) is 0 Å². The number of anilines is 2. The molecule has 0 fully saturated rings. The van der Waals surface area contributed by atoms with Gasteiger partial charge in [0.05, 0.1) is 11.4 Å². The Hall–Kier alpha value is -3.19. The topological polar surface area (TPSA) is 50.3 Å². The van der Waals surface area contributed by atoms with Gasteiger partial charge >= 0.3 is 0 Å². The zero-order valence-electron chi connectivity index (χ0n) is 16.1. The lowest BCUT2D eigenvalue weighted by atomic mass is 10.0. The Morgan fingerprint density at radius 2 is 1.83 bits per heavy atom. The van der Waals surface area contributed by atoms with Crippen molar-refractivity contribution in [2.24, 2.45) is 0 Å². The van der Waals surface area contributed by atoms with Gasteiger partial charge in [-0.2, -0.15) is 0 Å². The van der Waals surface area contributed by atoms with Gasteiger partial charge in [0.15, 0.2) is 10.9 Å². The maximum absolute atomic E-state index is 14.1. The van der Waals surface area contributed by atoms with E-state index >= 15 is 0 Å². The van der Waals surface area contributed by atoms with Crippen LogP contribution in [0.5, 0.6) is 0 Å². The van der Waals surface area contributed by atoms with E-state index in [0.717, 1.165) is 33.4 Å². The van der Waals surface area contributed by atoms with Crippen molar-refractivity contribution in [1.29, 1.82) is 0 Å². The van der Waals surface area contributed by atoms with Crippen LogP contribution in [0.1, 0.15) is 34.1 Å². The molecule has 0 aliphatic heterocycles. The molecule has 0 atom stereocenters. The van der Waals surface area contributed by atoms with Gasteiger partial charge < -0.3 is 0 Å². The van der Waals surface area contributed by atoms with Gasteiger partial charge in [-0.1, -0.05) is 12.1 Å². The highest BCUT2D eigenvalue weighted by molar-refractivity contribution is 7.14. The molecule has 0 unspecified atom stereocenters. The molecule has 3 aromatic rings. The molecule has 0 saturated heterocycles. The summed E-state index contributed by atoms with van der Waals surface area (Å²) in [6.07, 6.45) is 2.94. The fourth-order valence-electron chi connectivity index (χ4n) is 2.68. The quantitative estimate of drug-likeness (QED) is 0.404. The van der Waals surface area contributed by atoms with Crippen LogP contribution >= 0.6 is 11.3 Å². The third-order valence-corrected chi connectivity index (χ3v) is 5.21. The van der Waals surface area contributed by atoms with Crippen molar-refractivity contribution < 1.29 is 18.4 Å². The molecular weight excluding hydrogens is 394 g/mol. The average Bonchev–Trinajstić information content (AvgIpc) is 3.12. The summed E-state index contributed by atoms with van der Waals surface area (Å²) in [7, 11) is 0. The molecule has 0 bridgehead atoms. The van der Waals surface area contributed by atoms with E-state index < -0.39 is 17.5 Å². The number of amides is 1. The van der Waals surface area contributed by atoms with Crippen molar-refractivity contribution >= 4 is 39.9 Å². The number of rotatable bonds is 5. The SMILES string of the molecule is CC(=O)N(c1nc(C=CC(=O)c2ccc(C)c(C)c2)cs1)c1ccc(F)cc1F. The highest BCUT2D eigenvalue weighted by Crippen LogP contribution is 2.31. The van der Waals surface area contributed by atoms with Crippen LogP contribution in [0.4, 0.5) is 19.6 Å². The number of allylic oxidation sites excluding steroid dienone is 1. The van der Waals surface area contributed by atoms with E-state index in [9.17, 15) is 18.4 Å². The zero-order chi connectivity index (χ0) is 21.1. The molecule has 3 rings (SSSR count). The predicted octanol–water partition coefficient (Wildman–Crippen LogP) is 5.62. The van der Waals surface area contributed by atoms with E-state index in [0.29, 0.717) is 17.3 Å². The number of carbonyl (C=O) groups is 2. The molecule has 0 radical (unpaired) electrons. The zero-order valence-corrected chi connectivity index (χ0v) is 16.9. The Bertz CT molecular complexity index is 1120. The largest absolute Gasteiger partial charge is 0.289 e. The first kappa shape index (κ1) is 20.5. The second kappa shape index (κ2) is 8.45. The number of halogens is 2. The lowest BCUT2D eigenvalue weighted by Crippen LogP contribution is -2.23. The standard InChI is InChI=1S/C22H18F2N2O2S/c1-13-4-5-16(10-14(13)2)21(28)9-7-18-12-29-22(25-18)26(15(3)27)20-8-6-17(23)11-19(20)24/h4-12H,1-3H3. The van der Waals surface area contributed by atoms with Gasteiger partial charge in [0, 0.05) is 23.9 Å². The van der Waals surface area contributed by atoms with Crippen LogP contribution in [0.3, 0.4) is 0 Å². The average molecular weight is 412 g/mol. The fourth-order valence-corrected chi connectivity index (χ4v) is 3.53. The first-order valence-corrected chi connectivity index (χ1v) is 9.65. The molecule has 1 amide bonds. The maximum Gasteiger partial charge on any atom is 0.230 e. The van der Waals surface area contributed by atoms with Gasteiger partial charge in [0.1, 0.15) is 11.6 Å². The van der Waals surface area contributed by atoms with Crippen molar-refractivity contribution in [1.82, 2.24) is 4.98 Å². The van der Waals surface area contributed by atoms with E-state index in [-0.39, 0.29) is 16.6 Å². The first-order chi connectivity index (χ1) is 13.8. The third-order valence-electron chi connectivity index (χ3n) is 4.36. The predicted molar refractivity (Wildman–Crippen MR) is 111 cm³/mol. The number of aromatic nitrogens is 1. The first-order valence-electron chi connectivity index (χ1n) is 8.77. The van der Waals surface area contributed by atoms with Crippen molar-refractivity contribution in [3.05, 3.63) is 81.9 Å². The summed E-state index contributed by atoms with van der Waals surface area (Å²) in [5.74, 6) is -2.23. The molecule has 0 spiro atoms. The van der Waals surface area contributed by atoms with Crippen molar-refractivity contribution in [2.45, 2.75) is 20.8 Å². The van der Waals surface area contributed by atoms with Crippen molar-refractivity contribution in [3.63, 3.8) is 0 Å². The molecule has 29 heavy (non-hydrogen) atoms. The minimum Gasteiger partial charge on any atom is -0.289 e. The molecule has 0 N–H and O–H groups in total. The van der Waals surface area contributed by atoms with Crippen LogP contribution in [0.15, 0.2) is 47.9 Å². The highest BCUT2D eigenvalue weighted by Gasteiger charge is 2.21. The Morgan fingerprint density at radius 1 is 1.07 bits per heavy atom. The smallest absolute Gasteiger partial charge is 0.230 e. The number of hydrogen-bond donors (Lipinski definition) is 0. The number of ketones is 1. The minimum atomic E-state index is -0.864. The van der Waals surface area contributed by atoms with Gasteiger partial charge in [-0.25, -0.2) is 13.8 Å². The highest BCUT2D eigenvalue weighted by atomic mass is 32.1. The van der Waals surface area contributed by atoms with Gasteiger partial charge in [-0.3, -0.25) is 14.5 Å². The number of nitrogens with zero attached hydrogens (tertiary/aromatic N) is 2. The normalized spacial score (nSPS) is 11.1. The Kier molecular flexibility index (Phi) is 5.98. The molecule has 0 saturated carbocycles. The Balaban J connectivity index is 1.84. The summed E-state index contributed by atoms with van der Waals surface area (Å²) < 4.78 is 27.3. The van der Waals surface area contributed by atoms with E-state index in [1.54, 1.807) is 11.4 Å². The van der Waals surface area contributed by atoms with E-state index in [1.165, 1.54) is 25.1 Å². The van der Waals surface area contributed by atoms with Gasteiger partial charge in [0.25, 0.3) is 0 Å². The summed E-state index contributed by atoms with van der Waals surface area (Å²) in [6, 6.07) is 8.44. The van der Waals surface area contributed by atoms with Crippen LogP contribution in [0.2, 0.25) is 0 Å². The molecule has 2 aromatic carbocycles. The third kappa shape index (κ3) is 4.63. The Morgan fingerprint density at radius 3 is 2.48 bits per heavy atom. The number of aryl methyl sites for hydroxylation is 2. The number of carbonyl (C=O) groups excluding carboxylic acids is 2. The van der Waals surface area contributed by atoms with Crippen LogP contribution in [0.25, 0.3) is 6.08 Å². The summed E-state index contributed by atoms with van der Waals surface area (Å²) in [6.45, 7) is 5.18. The Labute approximate surface area is 171 Å². The van der Waals surface area contributed by atoms with Gasteiger partial charge in [-0.05, 0) is 55.3 Å². The monoisotopic (exact) mass is 412 g/mol. The maximum atomic E-state index is 14.1. The molecule has 1 aromatic heterocycles. The minimum absolute atomic E-state index is 0.0880. The number of thiazole rings is 1. The molecule has 148 valence electrons. The van der Waals surface area contributed by atoms with Crippen LogP contribution in [-0.2, 0) is 4.79 Å². The summed E-state index contributed by atoms with van der Waals surface area (Å²) in [5.41, 5.74) is 3.06. The van der Waals surface area contributed by atoms with E-state index in [4.69, 9.17) is 0 Å². The lowest BCUT2D eigenvalue weighted by Gasteiger charge is -2.18. The second-order valence-electron chi connectivity index (χ2n) is 6.50. The van der Waals surface area contributed by atoms with E-state index in [1.807, 2.05) is 26.0 Å². The molecule has 4 nitrogen and oxygen atoms in total. The summed E-state index contributed by atoms with van der Waals surface area (Å²) in [4.78, 5) is 29.8. The number of benzene rings is 2. The number of hydrogen-bond acceptors (Lipinski definition) is 4. The van der Waals surface area contributed by atoms with Crippen molar-refractivity contribution in [2.75, 3.05) is 4.90 Å².